The Bertz CT molecular complexity index is 680. The SMILES string of the molecule is O=C(Cc1nc(-c2ccc(O)cc2O)cs1)N1CCOCC1. The molecule has 1 aliphatic heterocycles. The van der Waals surface area contributed by atoms with E-state index < -0.39 is 0 Å². The summed E-state index contributed by atoms with van der Waals surface area (Å²) in [5.74, 6) is 0.00896. The van der Waals surface area contributed by atoms with Gasteiger partial charge in [-0.2, -0.15) is 0 Å². The Morgan fingerprint density at radius 1 is 1.32 bits per heavy atom. The molecular formula is C15H16N2O4S. The summed E-state index contributed by atoms with van der Waals surface area (Å²) in [5, 5.41) is 21.7. The predicted molar refractivity (Wildman–Crippen MR) is 82.0 cm³/mol. The van der Waals surface area contributed by atoms with Gasteiger partial charge in [0, 0.05) is 30.1 Å². The molecule has 3 rings (SSSR count). The van der Waals surface area contributed by atoms with Crippen LogP contribution in [0.2, 0.25) is 0 Å². The van der Waals surface area contributed by atoms with Crippen molar-refractivity contribution in [2.75, 3.05) is 26.3 Å². The third kappa shape index (κ3) is 3.20. The largest absolute Gasteiger partial charge is 0.508 e. The van der Waals surface area contributed by atoms with Gasteiger partial charge in [0.05, 0.1) is 25.3 Å². The maximum Gasteiger partial charge on any atom is 0.229 e. The van der Waals surface area contributed by atoms with Gasteiger partial charge in [-0.3, -0.25) is 4.79 Å². The van der Waals surface area contributed by atoms with Crippen LogP contribution in [0.15, 0.2) is 23.6 Å². The van der Waals surface area contributed by atoms with Crippen LogP contribution in [0, 0.1) is 0 Å². The van der Waals surface area contributed by atoms with E-state index in [1.54, 1.807) is 16.3 Å². The summed E-state index contributed by atoms with van der Waals surface area (Å²) in [7, 11) is 0. The lowest BCUT2D eigenvalue weighted by molar-refractivity contribution is -0.134. The maximum atomic E-state index is 12.2. The molecule has 22 heavy (non-hydrogen) atoms. The van der Waals surface area contributed by atoms with Crippen molar-refractivity contribution < 1.29 is 19.7 Å². The van der Waals surface area contributed by atoms with Gasteiger partial charge < -0.3 is 19.8 Å². The molecule has 2 heterocycles. The van der Waals surface area contributed by atoms with Crippen molar-refractivity contribution in [1.82, 2.24) is 9.88 Å². The van der Waals surface area contributed by atoms with Crippen LogP contribution >= 0.6 is 11.3 Å². The van der Waals surface area contributed by atoms with Crippen LogP contribution in [0.25, 0.3) is 11.3 Å². The molecule has 2 N–H and O–H groups in total. The lowest BCUT2D eigenvalue weighted by atomic mass is 10.1. The molecule has 7 heteroatoms. The number of hydrogen-bond acceptors (Lipinski definition) is 6. The fourth-order valence-electron chi connectivity index (χ4n) is 2.31. The molecule has 0 aliphatic carbocycles. The molecule has 6 nitrogen and oxygen atoms in total. The number of phenolic OH excluding ortho intramolecular Hbond substituents is 2. The van der Waals surface area contributed by atoms with Crippen molar-refractivity contribution in [2.24, 2.45) is 0 Å². The summed E-state index contributed by atoms with van der Waals surface area (Å²) in [6, 6.07) is 4.37. The second kappa shape index (κ2) is 6.33. The minimum absolute atomic E-state index is 0.000742. The van der Waals surface area contributed by atoms with Crippen molar-refractivity contribution >= 4 is 17.2 Å². The van der Waals surface area contributed by atoms with Crippen molar-refractivity contribution in [3.8, 4) is 22.8 Å². The average Bonchev–Trinajstić information content (AvgIpc) is 2.96. The molecule has 1 aromatic carbocycles. The van der Waals surface area contributed by atoms with Crippen LogP contribution in [0.5, 0.6) is 11.5 Å². The van der Waals surface area contributed by atoms with Crippen LogP contribution in [0.3, 0.4) is 0 Å². The molecule has 1 saturated heterocycles. The van der Waals surface area contributed by atoms with Crippen LogP contribution in [-0.2, 0) is 16.0 Å². The van der Waals surface area contributed by atoms with E-state index >= 15 is 0 Å². The van der Waals surface area contributed by atoms with Crippen LogP contribution in [0.4, 0.5) is 0 Å². The van der Waals surface area contributed by atoms with Gasteiger partial charge in [-0.1, -0.05) is 0 Å². The molecule has 0 atom stereocenters. The molecule has 1 aliphatic rings. The van der Waals surface area contributed by atoms with Gasteiger partial charge >= 0.3 is 0 Å². The van der Waals surface area contributed by atoms with Gasteiger partial charge in [0.25, 0.3) is 0 Å². The third-order valence-corrected chi connectivity index (χ3v) is 4.32. The van der Waals surface area contributed by atoms with E-state index in [9.17, 15) is 15.0 Å². The van der Waals surface area contributed by atoms with Gasteiger partial charge in [0.15, 0.2) is 0 Å². The number of ether oxygens (including phenoxy) is 1. The van der Waals surface area contributed by atoms with Gasteiger partial charge in [0.1, 0.15) is 16.5 Å². The summed E-state index contributed by atoms with van der Waals surface area (Å²) in [5.41, 5.74) is 1.14. The number of nitrogens with zero attached hydrogens (tertiary/aromatic N) is 2. The Hall–Kier alpha value is -2.12. The van der Waals surface area contributed by atoms with Crippen molar-refractivity contribution in [1.29, 1.82) is 0 Å². The summed E-state index contributed by atoms with van der Waals surface area (Å²) < 4.78 is 5.23. The highest BCUT2D eigenvalue weighted by molar-refractivity contribution is 7.10. The molecule has 0 radical (unpaired) electrons. The number of carbonyl (C=O) groups is 1. The first-order valence-corrected chi connectivity index (χ1v) is 7.84. The highest BCUT2D eigenvalue weighted by Gasteiger charge is 2.19. The van der Waals surface area contributed by atoms with Crippen LogP contribution in [0.1, 0.15) is 5.01 Å². The van der Waals surface area contributed by atoms with Crippen molar-refractivity contribution in [3.63, 3.8) is 0 Å². The molecule has 116 valence electrons. The van der Waals surface area contributed by atoms with E-state index in [4.69, 9.17) is 4.74 Å². The molecule has 0 spiro atoms. The fourth-order valence-corrected chi connectivity index (χ4v) is 3.09. The number of phenols is 2. The average molecular weight is 320 g/mol. The van der Waals surface area contributed by atoms with Gasteiger partial charge in [-0.05, 0) is 12.1 Å². The molecule has 1 fully saturated rings. The summed E-state index contributed by atoms with van der Waals surface area (Å²) in [6.07, 6.45) is 0.253. The van der Waals surface area contributed by atoms with Crippen molar-refractivity contribution in [2.45, 2.75) is 6.42 Å². The number of rotatable bonds is 3. The lowest BCUT2D eigenvalue weighted by Gasteiger charge is -2.26. The minimum Gasteiger partial charge on any atom is -0.508 e. The number of hydrogen-bond donors (Lipinski definition) is 2. The number of thiazole rings is 1. The van der Waals surface area contributed by atoms with E-state index in [0.29, 0.717) is 42.6 Å². The minimum atomic E-state index is -0.0312. The molecule has 0 bridgehead atoms. The van der Waals surface area contributed by atoms with Gasteiger partial charge in [-0.25, -0.2) is 4.98 Å². The first-order chi connectivity index (χ1) is 10.6. The number of carbonyl (C=O) groups excluding carboxylic acids is 1. The van der Waals surface area contributed by atoms with Crippen LogP contribution in [-0.4, -0.2) is 52.3 Å². The lowest BCUT2D eigenvalue weighted by Crippen LogP contribution is -2.41. The molecule has 1 amide bonds. The monoisotopic (exact) mass is 320 g/mol. The Kier molecular flexibility index (Phi) is 4.26. The van der Waals surface area contributed by atoms with E-state index in [1.165, 1.54) is 23.5 Å². The van der Waals surface area contributed by atoms with Gasteiger partial charge in [0.2, 0.25) is 5.91 Å². The highest BCUT2D eigenvalue weighted by Crippen LogP contribution is 2.32. The van der Waals surface area contributed by atoms with E-state index in [1.807, 2.05) is 0 Å². The molecule has 0 saturated carbocycles. The third-order valence-electron chi connectivity index (χ3n) is 3.48. The molecule has 1 aromatic heterocycles. The number of aromatic hydroxyl groups is 2. The zero-order valence-corrected chi connectivity index (χ0v) is 12.7. The summed E-state index contributed by atoms with van der Waals surface area (Å²) >= 11 is 1.39. The maximum absolute atomic E-state index is 12.2. The standard InChI is InChI=1S/C15H16N2O4S/c18-10-1-2-11(13(19)7-10)12-9-22-14(16-12)8-15(20)17-3-5-21-6-4-17/h1-2,7,9,18-19H,3-6,8H2. The Balaban J connectivity index is 1.72. The van der Waals surface area contributed by atoms with Crippen molar-refractivity contribution in [3.05, 3.63) is 28.6 Å². The quantitative estimate of drug-likeness (QED) is 0.898. The second-order valence-corrected chi connectivity index (χ2v) is 5.94. The normalized spacial score (nSPS) is 15.0. The number of amides is 1. The number of benzene rings is 1. The molecule has 2 aromatic rings. The van der Waals surface area contributed by atoms with E-state index in [2.05, 4.69) is 4.98 Å². The second-order valence-electron chi connectivity index (χ2n) is 5.00. The topological polar surface area (TPSA) is 82.9 Å². The Morgan fingerprint density at radius 2 is 2.09 bits per heavy atom. The fraction of sp³-hybridized carbons (Fsp3) is 0.333. The van der Waals surface area contributed by atoms with E-state index in [-0.39, 0.29) is 23.8 Å². The molecular weight excluding hydrogens is 304 g/mol. The zero-order chi connectivity index (χ0) is 15.5. The number of aromatic nitrogens is 1. The Labute approximate surface area is 131 Å². The van der Waals surface area contributed by atoms with E-state index in [0.717, 1.165) is 0 Å². The first kappa shape index (κ1) is 14.8. The van der Waals surface area contributed by atoms with Crippen LogP contribution < -0.4 is 0 Å². The zero-order valence-electron chi connectivity index (χ0n) is 11.9. The summed E-state index contributed by atoms with van der Waals surface area (Å²) in [4.78, 5) is 18.4. The summed E-state index contributed by atoms with van der Waals surface area (Å²) in [6.45, 7) is 2.40. The predicted octanol–water partition coefficient (Wildman–Crippen LogP) is 1.62. The smallest absolute Gasteiger partial charge is 0.229 e. The van der Waals surface area contributed by atoms with Gasteiger partial charge in [-0.15, -0.1) is 11.3 Å². The Morgan fingerprint density at radius 3 is 2.82 bits per heavy atom. The highest BCUT2D eigenvalue weighted by atomic mass is 32.1. The first-order valence-electron chi connectivity index (χ1n) is 6.96. The number of morpholine rings is 1. The molecule has 0 unspecified atom stereocenters.